The lowest BCUT2D eigenvalue weighted by Crippen LogP contribution is -2.38. The van der Waals surface area contributed by atoms with Crippen LogP contribution in [0.3, 0.4) is 0 Å². The Morgan fingerprint density at radius 2 is 2.04 bits per heavy atom. The third-order valence-electron chi connectivity index (χ3n) is 5.50. The molecule has 2 aromatic rings. The molecular weight excluding hydrogens is 404 g/mol. The number of halogens is 1. The van der Waals surface area contributed by atoms with E-state index < -0.39 is 0 Å². The minimum atomic E-state index is 0.0693. The van der Waals surface area contributed by atoms with Gasteiger partial charge in [-0.15, -0.1) is 0 Å². The van der Waals surface area contributed by atoms with Crippen molar-refractivity contribution >= 4 is 26.8 Å². The van der Waals surface area contributed by atoms with Gasteiger partial charge in [0.1, 0.15) is 5.82 Å². The monoisotopic (exact) mass is 434 g/mol. The highest BCUT2D eigenvalue weighted by Gasteiger charge is 2.28. The molecule has 5 nitrogen and oxygen atoms in total. The number of hydrogen-bond donors (Lipinski definition) is 0. The third-order valence-corrected chi connectivity index (χ3v) is 5.99. The molecule has 1 aliphatic rings. The first-order valence-electron chi connectivity index (χ1n) is 10.1. The predicted molar refractivity (Wildman–Crippen MR) is 115 cm³/mol. The molecule has 1 saturated heterocycles. The van der Waals surface area contributed by atoms with Crippen molar-refractivity contribution in [2.45, 2.75) is 46.2 Å². The zero-order valence-electron chi connectivity index (χ0n) is 16.9. The van der Waals surface area contributed by atoms with E-state index >= 15 is 0 Å². The summed E-state index contributed by atoms with van der Waals surface area (Å²) in [5, 5.41) is 0.689. The van der Waals surface area contributed by atoms with E-state index in [0.29, 0.717) is 17.8 Å². The summed E-state index contributed by atoms with van der Waals surface area (Å²) in [7, 11) is 2.20. The maximum atomic E-state index is 13.2. The van der Waals surface area contributed by atoms with Crippen LogP contribution in [0.1, 0.15) is 45.5 Å². The van der Waals surface area contributed by atoms with Gasteiger partial charge in [0.05, 0.1) is 16.9 Å². The second-order valence-electron chi connectivity index (χ2n) is 7.85. The highest BCUT2D eigenvalue weighted by molar-refractivity contribution is 9.10. The first kappa shape index (κ1) is 20.5. The minimum absolute atomic E-state index is 0.0693. The number of benzene rings is 1. The van der Waals surface area contributed by atoms with Crippen LogP contribution in [0.25, 0.3) is 10.9 Å². The van der Waals surface area contributed by atoms with Crippen molar-refractivity contribution in [1.29, 1.82) is 0 Å². The van der Waals surface area contributed by atoms with E-state index in [0.717, 1.165) is 54.8 Å². The molecule has 2 atom stereocenters. The summed E-state index contributed by atoms with van der Waals surface area (Å²) < 4.78 is 2.80. The van der Waals surface area contributed by atoms with E-state index in [1.165, 1.54) is 0 Å². The van der Waals surface area contributed by atoms with E-state index in [1.54, 1.807) is 0 Å². The molecule has 0 amide bonds. The van der Waals surface area contributed by atoms with Crippen LogP contribution < -0.4 is 5.56 Å². The summed E-state index contributed by atoms with van der Waals surface area (Å²) in [6.45, 7) is 11.5. The molecule has 27 heavy (non-hydrogen) atoms. The van der Waals surface area contributed by atoms with Crippen LogP contribution in [0.5, 0.6) is 0 Å². The molecule has 3 rings (SSSR count). The summed E-state index contributed by atoms with van der Waals surface area (Å²) in [6, 6.07) is 5.99. The Labute approximate surface area is 170 Å². The van der Waals surface area contributed by atoms with Crippen LogP contribution in [-0.2, 0) is 6.54 Å². The van der Waals surface area contributed by atoms with Crippen molar-refractivity contribution in [3.8, 4) is 0 Å². The number of nitrogens with zero attached hydrogens (tertiary/aromatic N) is 4. The van der Waals surface area contributed by atoms with Gasteiger partial charge < -0.3 is 4.90 Å². The molecule has 2 heterocycles. The van der Waals surface area contributed by atoms with E-state index in [1.807, 2.05) is 29.7 Å². The summed E-state index contributed by atoms with van der Waals surface area (Å²) in [6.07, 6.45) is 2.09. The zero-order valence-corrected chi connectivity index (χ0v) is 18.5. The smallest absolute Gasteiger partial charge is 0.261 e. The van der Waals surface area contributed by atoms with Crippen LogP contribution in [0, 0.1) is 5.92 Å². The Hall–Kier alpha value is -1.24. The van der Waals surface area contributed by atoms with E-state index in [4.69, 9.17) is 4.98 Å². The summed E-state index contributed by atoms with van der Waals surface area (Å²) in [5.41, 5.74) is 0.865. The van der Waals surface area contributed by atoms with Gasteiger partial charge in [-0.3, -0.25) is 14.3 Å². The van der Waals surface area contributed by atoms with Gasteiger partial charge in [0.15, 0.2) is 0 Å². The maximum Gasteiger partial charge on any atom is 0.261 e. The first-order valence-corrected chi connectivity index (χ1v) is 10.9. The largest absolute Gasteiger partial charge is 0.305 e. The summed E-state index contributed by atoms with van der Waals surface area (Å²) in [4.78, 5) is 23.1. The van der Waals surface area contributed by atoms with E-state index in [9.17, 15) is 4.79 Å². The summed E-state index contributed by atoms with van der Waals surface area (Å²) >= 11 is 3.48. The molecule has 1 unspecified atom stereocenters. The van der Waals surface area contributed by atoms with Gasteiger partial charge in [-0.25, -0.2) is 4.98 Å². The van der Waals surface area contributed by atoms with Gasteiger partial charge in [0.2, 0.25) is 0 Å². The average Bonchev–Trinajstić information content (AvgIpc) is 2.80. The quantitative estimate of drug-likeness (QED) is 0.715. The highest BCUT2D eigenvalue weighted by atomic mass is 79.9. The molecule has 0 radical (unpaired) electrons. The molecule has 1 fully saturated rings. The van der Waals surface area contributed by atoms with Crippen LogP contribution in [-0.4, -0.2) is 52.6 Å². The van der Waals surface area contributed by atoms with Gasteiger partial charge in [-0.05, 0) is 44.5 Å². The van der Waals surface area contributed by atoms with Crippen LogP contribution in [0.15, 0.2) is 27.5 Å². The molecule has 1 aromatic heterocycles. The molecule has 6 heteroatoms. The number of fused-ring (bicyclic) bond motifs is 1. The molecule has 0 spiro atoms. The van der Waals surface area contributed by atoms with Crippen molar-refractivity contribution in [2.24, 2.45) is 5.92 Å². The zero-order chi connectivity index (χ0) is 19.6. The predicted octanol–water partition coefficient (Wildman–Crippen LogP) is 3.90. The maximum absolute atomic E-state index is 13.2. The van der Waals surface area contributed by atoms with Crippen molar-refractivity contribution in [2.75, 3.05) is 33.2 Å². The van der Waals surface area contributed by atoms with Crippen LogP contribution >= 0.6 is 15.9 Å². The SMILES string of the molecule is CCCC(c1nc2ccc(Br)cc2c(=O)n1CC)N1CCN(C)C[C@@H](C)C1. The third kappa shape index (κ3) is 4.44. The van der Waals surface area contributed by atoms with Gasteiger partial charge in [-0.2, -0.15) is 0 Å². The van der Waals surface area contributed by atoms with Gasteiger partial charge >= 0.3 is 0 Å². The van der Waals surface area contributed by atoms with Crippen LogP contribution in [0.4, 0.5) is 0 Å². The van der Waals surface area contributed by atoms with Gasteiger partial charge in [0, 0.05) is 37.2 Å². The fraction of sp³-hybridized carbons (Fsp3) is 0.619. The average molecular weight is 435 g/mol. The second kappa shape index (κ2) is 8.84. The number of aromatic nitrogens is 2. The van der Waals surface area contributed by atoms with Crippen molar-refractivity contribution in [3.63, 3.8) is 0 Å². The van der Waals surface area contributed by atoms with Crippen LogP contribution in [0.2, 0.25) is 0 Å². The lowest BCUT2D eigenvalue weighted by Gasteiger charge is -2.32. The lowest BCUT2D eigenvalue weighted by atomic mass is 10.1. The van der Waals surface area contributed by atoms with Crippen molar-refractivity contribution in [3.05, 3.63) is 38.9 Å². The molecular formula is C21H31BrN4O. The lowest BCUT2D eigenvalue weighted by molar-refractivity contribution is 0.167. The number of hydrogen-bond acceptors (Lipinski definition) is 4. The highest BCUT2D eigenvalue weighted by Crippen LogP contribution is 2.28. The van der Waals surface area contributed by atoms with Crippen molar-refractivity contribution < 1.29 is 0 Å². The van der Waals surface area contributed by atoms with Gasteiger partial charge in [0.25, 0.3) is 5.56 Å². The number of rotatable bonds is 5. The molecule has 0 saturated carbocycles. The fourth-order valence-electron chi connectivity index (χ4n) is 4.27. The van der Waals surface area contributed by atoms with E-state index in [-0.39, 0.29) is 11.6 Å². The topological polar surface area (TPSA) is 41.4 Å². The standard InChI is InChI=1S/C21H31BrN4O/c1-5-7-19(25-11-10-24(4)13-15(3)14-25)20-23-18-9-8-16(22)12-17(18)21(27)26(20)6-2/h8-9,12,15,19H,5-7,10-11,13-14H2,1-4H3/t15-,19?/m1/s1. The first-order chi connectivity index (χ1) is 12.9. The Morgan fingerprint density at radius 1 is 1.26 bits per heavy atom. The molecule has 1 aromatic carbocycles. The van der Waals surface area contributed by atoms with Gasteiger partial charge in [-0.1, -0.05) is 36.2 Å². The summed E-state index contributed by atoms with van der Waals surface area (Å²) in [5.74, 6) is 1.53. The molecule has 1 aliphatic heterocycles. The van der Waals surface area contributed by atoms with Crippen molar-refractivity contribution in [1.82, 2.24) is 19.4 Å². The number of likely N-dealkylation sites (N-methyl/N-ethyl adjacent to an activating group) is 1. The normalized spacial score (nSPS) is 20.7. The molecule has 148 valence electrons. The second-order valence-corrected chi connectivity index (χ2v) is 8.76. The molecule has 0 N–H and O–H groups in total. The Bertz CT molecular complexity index is 850. The van der Waals surface area contributed by atoms with E-state index in [2.05, 4.69) is 46.6 Å². The molecule has 0 bridgehead atoms. The molecule has 0 aliphatic carbocycles. The minimum Gasteiger partial charge on any atom is -0.305 e. The Kier molecular flexibility index (Phi) is 6.71. The fourth-order valence-corrected chi connectivity index (χ4v) is 4.63. The Balaban J connectivity index is 2.10. The Morgan fingerprint density at radius 3 is 2.74 bits per heavy atom.